The maximum absolute atomic E-state index is 11.6. The van der Waals surface area contributed by atoms with Crippen LogP contribution in [0.5, 0.6) is 0 Å². The first-order chi connectivity index (χ1) is 10.0. The summed E-state index contributed by atoms with van der Waals surface area (Å²) < 4.78 is 30.0. The molecule has 2 N–H and O–H groups in total. The molecule has 1 aliphatic rings. The van der Waals surface area contributed by atoms with Crippen molar-refractivity contribution < 1.29 is 12.8 Å². The van der Waals surface area contributed by atoms with Gasteiger partial charge in [0.25, 0.3) is 0 Å². The van der Waals surface area contributed by atoms with E-state index < -0.39 is 10.0 Å². The minimum atomic E-state index is -3.03. The number of hydrogen-bond acceptors (Lipinski definition) is 4. The summed E-state index contributed by atoms with van der Waals surface area (Å²) in [5.41, 5.74) is 0. The van der Waals surface area contributed by atoms with Crippen LogP contribution in [0.25, 0.3) is 0 Å². The molecule has 1 aromatic rings. The SMILES string of the molecule is CCS(=O)(=O)N1CC(CNC(=NC)NCc2ccco2)C1.I. The molecule has 2 heterocycles. The first-order valence-electron chi connectivity index (χ1n) is 7.00. The zero-order valence-corrected chi connectivity index (χ0v) is 15.9. The van der Waals surface area contributed by atoms with Crippen LogP contribution in [-0.4, -0.2) is 51.1 Å². The van der Waals surface area contributed by atoms with Gasteiger partial charge in [-0.1, -0.05) is 0 Å². The van der Waals surface area contributed by atoms with Crippen molar-refractivity contribution in [2.24, 2.45) is 10.9 Å². The van der Waals surface area contributed by atoms with Crippen LogP contribution in [0.3, 0.4) is 0 Å². The Morgan fingerprint density at radius 1 is 1.45 bits per heavy atom. The Bertz CT molecular complexity index is 568. The summed E-state index contributed by atoms with van der Waals surface area (Å²) in [4.78, 5) is 4.12. The molecular weight excluding hydrogens is 419 g/mol. The van der Waals surface area contributed by atoms with Crippen LogP contribution in [0.4, 0.5) is 0 Å². The van der Waals surface area contributed by atoms with E-state index in [-0.39, 0.29) is 29.7 Å². The van der Waals surface area contributed by atoms with Crippen molar-refractivity contribution in [2.45, 2.75) is 13.5 Å². The Morgan fingerprint density at radius 3 is 2.73 bits per heavy atom. The molecule has 0 atom stereocenters. The maximum atomic E-state index is 11.6. The smallest absolute Gasteiger partial charge is 0.213 e. The standard InChI is InChI=1S/C13H22N4O3S.HI/c1-3-21(18,19)17-9-11(10-17)7-15-13(14-2)16-8-12-5-4-6-20-12;/h4-6,11H,3,7-10H2,1-2H3,(H2,14,15,16);1H. The van der Waals surface area contributed by atoms with E-state index >= 15 is 0 Å². The lowest BCUT2D eigenvalue weighted by atomic mass is 10.0. The van der Waals surface area contributed by atoms with Gasteiger partial charge in [-0.2, -0.15) is 0 Å². The average Bonchev–Trinajstić information content (AvgIpc) is 2.93. The van der Waals surface area contributed by atoms with E-state index in [0.717, 1.165) is 5.76 Å². The van der Waals surface area contributed by atoms with Crippen LogP contribution < -0.4 is 10.6 Å². The predicted molar refractivity (Wildman–Crippen MR) is 96.8 cm³/mol. The summed E-state index contributed by atoms with van der Waals surface area (Å²) in [6, 6.07) is 3.73. The first-order valence-corrected chi connectivity index (χ1v) is 8.60. The number of nitrogens with zero attached hydrogens (tertiary/aromatic N) is 2. The Balaban J connectivity index is 0.00000242. The molecule has 0 aliphatic carbocycles. The van der Waals surface area contributed by atoms with Gasteiger partial charge < -0.3 is 15.1 Å². The Morgan fingerprint density at radius 2 is 2.18 bits per heavy atom. The third-order valence-corrected chi connectivity index (χ3v) is 5.29. The highest BCUT2D eigenvalue weighted by atomic mass is 127. The molecule has 9 heteroatoms. The van der Waals surface area contributed by atoms with Crippen molar-refractivity contribution in [1.29, 1.82) is 0 Å². The fourth-order valence-corrected chi connectivity index (χ4v) is 3.35. The highest BCUT2D eigenvalue weighted by Gasteiger charge is 2.34. The lowest BCUT2D eigenvalue weighted by Crippen LogP contribution is -2.54. The Kier molecular flexibility index (Phi) is 7.63. The number of halogens is 1. The zero-order chi connectivity index (χ0) is 15.3. The van der Waals surface area contributed by atoms with Gasteiger partial charge in [0.05, 0.1) is 18.6 Å². The van der Waals surface area contributed by atoms with Crippen molar-refractivity contribution in [2.75, 3.05) is 32.4 Å². The van der Waals surface area contributed by atoms with Crippen molar-refractivity contribution in [1.82, 2.24) is 14.9 Å². The molecule has 0 bridgehead atoms. The normalized spacial score (nSPS) is 16.7. The number of aliphatic imine (C=N–C) groups is 1. The maximum Gasteiger partial charge on any atom is 0.213 e. The monoisotopic (exact) mass is 442 g/mol. The van der Waals surface area contributed by atoms with E-state index in [1.54, 1.807) is 20.2 Å². The van der Waals surface area contributed by atoms with Crippen molar-refractivity contribution in [3.8, 4) is 0 Å². The molecule has 0 unspecified atom stereocenters. The van der Waals surface area contributed by atoms with Crippen LogP contribution in [0.1, 0.15) is 12.7 Å². The lowest BCUT2D eigenvalue weighted by Gasteiger charge is -2.38. The second-order valence-corrected chi connectivity index (χ2v) is 7.23. The van der Waals surface area contributed by atoms with Gasteiger partial charge in [0.2, 0.25) is 10.0 Å². The second-order valence-electron chi connectivity index (χ2n) is 4.97. The van der Waals surface area contributed by atoms with Crippen LogP contribution in [0, 0.1) is 5.92 Å². The zero-order valence-electron chi connectivity index (χ0n) is 12.8. The van der Waals surface area contributed by atoms with Gasteiger partial charge >= 0.3 is 0 Å². The predicted octanol–water partition coefficient (Wildman–Crippen LogP) is 0.844. The highest BCUT2D eigenvalue weighted by molar-refractivity contribution is 14.0. The highest BCUT2D eigenvalue weighted by Crippen LogP contribution is 2.18. The van der Waals surface area contributed by atoms with Gasteiger partial charge in [0, 0.05) is 32.6 Å². The second kappa shape index (κ2) is 8.73. The van der Waals surface area contributed by atoms with Gasteiger partial charge in [-0.3, -0.25) is 4.99 Å². The number of hydrogen-bond donors (Lipinski definition) is 2. The molecule has 1 saturated heterocycles. The lowest BCUT2D eigenvalue weighted by molar-refractivity contribution is 0.202. The Labute approximate surface area is 148 Å². The summed E-state index contributed by atoms with van der Waals surface area (Å²) >= 11 is 0. The van der Waals surface area contributed by atoms with Crippen LogP contribution in [0.2, 0.25) is 0 Å². The molecule has 1 fully saturated rings. The van der Waals surface area contributed by atoms with E-state index in [9.17, 15) is 8.42 Å². The van der Waals surface area contributed by atoms with Gasteiger partial charge in [0.1, 0.15) is 5.76 Å². The van der Waals surface area contributed by atoms with Crippen LogP contribution >= 0.6 is 24.0 Å². The van der Waals surface area contributed by atoms with Gasteiger partial charge in [-0.05, 0) is 19.1 Å². The molecule has 126 valence electrons. The molecule has 1 aromatic heterocycles. The number of nitrogens with one attached hydrogen (secondary N) is 2. The van der Waals surface area contributed by atoms with Gasteiger partial charge in [-0.25, -0.2) is 12.7 Å². The average molecular weight is 442 g/mol. The van der Waals surface area contributed by atoms with E-state index in [0.29, 0.717) is 38.1 Å². The molecule has 1 aliphatic heterocycles. The Hall–Kier alpha value is -0.810. The third-order valence-electron chi connectivity index (χ3n) is 3.47. The minimum Gasteiger partial charge on any atom is -0.467 e. The number of rotatable bonds is 6. The molecule has 2 rings (SSSR count). The first kappa shape index (κ1) is 19.2. The van der Waals surface area contributed by atoms with Gasteiger partial charge in [0.15, 0.2) is 5.96 Å². The van der Waals surface area contributed by atoms with E-state index in [1.165, 1.54) is 4.31 Å². The summed E-state index contributed by atoms with van der Waals surface area (Å²) in [7, 11) is -1.33. The summed E-state index contributed by atoms with van der Waals surface area (Å²) in [6.45, 7) is 4.10. The summed E-state index contributed by atoms with van der Waals surface area (Å²) in [5.74, 6) is 2.01. The summed E-state index contributed by atoms with van der Waals surface area (Å²) in [6.07, 6.45) is 1.63. The molecule has 7 nitrogen and oxygen atoms in total. The van der Waals surface area contributed by atoms with Crippen LogP contribution in [0.15, 0.2) is 27.8 Å². The van der Waals surface area contributed by atoms with E-state index in [2.05, 4.69) is 15.6 Å². The molecule has 0 spiro atoms. The number of furan rings is 1. The van der Waals surface area contributed by atoms with E-state index in [4.69, 9.17) is 4.42 Å². The molecule has 0 aromatic carbocycles. The van der Waals surface area contributed by atoms with Crippen molar-refractivity contribution >= 4 is 40.0 Å². The summed E-state index contributed by atoms with van der Waals surface area (Å²) in [5, 5.41) is 6.34. The fraction of sp³-hybridized carbons (Fsp3) is 0.615. The van der Waals surface area contributed by atoms with Gasteiger partial charge in [-0.15, -0.1) is 24.0 Å². The minimum absolute atomic E-state index is 0. The third kappa shape index (κ3) is 5.13. The largest absolute Gasteiger partial charge is 0.467 e. The van der Waals surface area contributed by atoms with Crippen molar-refractivity contribution in [3.05, 3.63) is 24.2 Å². The van der Waals surface area contributed by atoms with Crippen molar-refractivity contribution in [3.63, 3.8) is 0 Å². The van der Waals surface area contributed by atoms with E-state index in [1.807, 2.05) is 12.1 Å². The fourth-order valence-electron chi connectivity index (χ4n) is 2.11. The molecular formula is C13H23IN4O3S. The molecule has 0 amide bonds. The van der Waals surface area contributed by atoms with Crippen LogP contribution in [-0.2, 0) is 16.6 Å². The quantitative estimate of drug-likeness (QED) is 0.388. The number of guanidine groups is 1. The molecule has 22 heavy (non-hydrogen) atoms. The number of sulfonamides is 1. The molecule has 0 radical (unpaired) electrons. The molecule has 0 saturated carbocycles. The topological polar surface area (TPSA) is 86.9 Å².